The number of hydrogen-bond donors (Lipinski definition) is 2. The largest absolute Gasteiger partial charge is 0.355 e. The molecule has 3 aromatic rings. The normalized spacial score (nSPS) is 10.5. The van der Waals surface area contributed by atoms with E-state index in [-0.39, 0.29) is 11.7 Å². The highest BCUT2D eigenvalue weighted by molar-refractivity contribution is 5.93. The molecule has 3 rings (SSSR count). The number of carbonyl (C=O) groups excluding carboxylic acids is 1. The molecule has 4 nitrogen and oxygen atoms in total. The fraction of sp³-hybridized carbons (Fsp3) is 0.0588. The molecule has 1 heterocycles. The Kier molecular flexibility index (Phi) is 3.70. The standard InChI is InChI=1S/C17H14FN3O/c1-11(22)20-13-3-5-14(6-4-13)21-17-8-9-19-16-7-2-12(18)10-15(16)17/h2-10H,1H3,(H,19,21)(H,20,22). The van der Waals surface area contributed by atoms with E-state index in [2.05, 4.69) is 15.6 Å². The van der Waals surface area contributed by atoms with Crippen LogP contribution in [0.15, 0.2) is 54.7 Å². The second kappa shape index (κ2) is 5.81. The first-order chi connectivity index (χ1) is 10.6. The van der Waals surface area contributed by atoms with Crippen molar-refractivity contribution in [3.05, 3.63) is 60.5 Å². The molecule has 22 heavy (non-hydrogen) atoms. The van der Waals surface area contributed by atoms with E-state index in [0.717, 1.165) is 22.6 Å². The fourth-order valence-corrected chi connectivity index (χ4v) is 2.22. The van der Waals surface area contributed by atoms with Crippen LogP contribution in [-0.4, -0.2) is 10.9 Å². The maximum atomic E-state index is 13.4. The lowest BCUT2D eigenvalue weighted by molar-refractivity contribution is -0.114. The molecule has 1 aromatic heterocycles. The number of benzene rings is 2. The minimum atomic E-state index is -0.301. The molecule has 0 saturated heterocycles. The van der Waals surface area contributed by atoms with Crippen LogP contribution in [0.3, 0.4) is 0 Å². The van der Waals surface area contributed by atoms with Crippen LogP contribution in [0.5, 0.6) is 0 Å². The van der Waals surface area contributed by atoms with Crippen molar-refractivity contribution in [1.29, 1.82) is 0 Å². The SMILES string of the molecule is CC(=O)Nc1ccc(Nc2ccnc3ccc(F)cc23)cc1. The minimum Gasteiger partial charge on any atom is -0.355 e. The Morgan fingerprint density at radius 1 is 1.05 bits per heavy atom. The van der Waals surface area contributed by atoms with E-state index in [0.29, 0.717) is 5.39 Å². The molecule has 5 heteroatoms. The van der Waals surface area contributed by atoms with Crippen LogP contribution in [0.2, 0.25) is 0 Å². The van der Waals surface area contributed by atoms with Gasteiger partial charge in [-0.1, -0.05) is 0 Å². The lowest BCUT2D eigenvalue weighted by Crippen LogP contribution is -2.05. The predicted molar refractivity (Wildman–Crippen MR) is 85.7 cm³/mol. The summed E-state index contributed by atoms with van der Waals surface area (Å²) in [6.45, 7) is 1.46. The molecule has 1 amide bonds. The van der Waals surface area contributed by atoms with E-state index in [1.54, 1.807) is 30.5 Å². The van der Waals surface area contributed by atoms with E-state index in [1.165, 1.54) is 19.1 Å². The maximum absolute atomic E-state index is 13.4. The van der Waals surface area contributed by atoms with Crippen molar-refractivity contribution in [2.75, 3.05) is 10.6 Å². The molecule has 0 unspecified atom stereocenters. The number of fused-ring (bicyclic) bond motifs is 1. The summed E-state index contributed by atoms with van der Waals surface area (Å²) in [6.07, 6.45) is 1.67. The van der Waals surface area contributed by atoms with Crippen LogP contribution in [0.1, 0.15) is 6.92 Å². The number of pyridine rings is 1. The fourth-order valence-electron chi connectivity index (χ4n) is 2.22. The maximum Gasteiger partial charge on any atom is 0.221 e. The van der Waals surface area contributed by atoms with Gasteiger partial charge < -0.3 is 10.6 Å². The molecule has 0 aliphatic rings. The van der Waals surface area contributed by atoms with Crippen LogP contribution in [-0.2, 0) is 4.79 Å². The van der Waals surface area contributed by atoms with Crippen molar-refractivity contribution in [3.63, 3.8) is 0 Å². The van der Waals surface area contributed by atoms with Gasteiger partial charge in [0.1, 0.15) is 5.82 Å². The summed E-state index contributed by atoms with van der Waals surface area (Å²) in [4.78, 5) is 15.2. The second-order valence-electron chi connectivity index (χ2n) is 4.90. The van der Waals surface area contributed by atoms with Gasteiger partial charge in [0.25, 0.3) is 0 Å². The Morgan fingerprint density at radius 3 is 2.50 bits per heavy atom. The third-order valence-corrected chi connectivity index (χ3v) is 3.19. The van der Waals surface area contributed by atoms with Crippen LogP contribution in [0, 0.1) is 5.82 Å². The minimum absolute atomic E-state index is 0.115. The molecule has 0 saturated carbocycles. The van der Waals surface area contributed by atoms with Gasteiger partial charge in [0.15, 0.2) is 0 Å². The molecule has 0 aliphatic heterocycles. The predicted octanol–water partition coefficient (Wildman–Crippen LogP) is 4.08. The Hall–Kier alpha value is -2.95. The molecule has 2 N–H and O–H groups in total. The first-order valence-corrected chi connectivity index (χ1v) is 6.81. The van der Waals surface area contributed by atoms with Crippen molar-refractivity contribution in [2.24, 2.45) is 0 Å². The molecule has 0 radical (unpaired) electrons. The number of carbonyl (C=O) groups is 1. The number of aromatic nitrogens is 1. The molecule has 2 aromatic carbocycles. The average Bonchev–Trinajstić information content (AvgIpc) is 2.49. The first kappa shape index (κ1) is 14.0. The lowest BCUT2D eigenvalue weighted by Gasteiger charge is -2.10. The van der Waals surface area contributed by atoms with E-state index in [9.17, 15) is 9.18 Å². The average molecular weight is 295 g/mol. The van der Waals surface area contributed by atoms with E-state index < -0.39 is 0 Å². The van der Waals surface area contributed by atoms with Crippen molar-refractivity contribution < 1.29 is 9.18 Å². The van der Waals surface area contributed by atoms with Gasteiger partial charge in [-0.15, -0.1) is 0 Å². The van der Waals surface area contributed by atoms with Crippen LogP contribution in [0.25, 0.3) is 10.9 Å². The quantitative estimate of drug-likeness (QED) is 0.765. The van der Waals surface area contributed by atoms with E-state index in [4.69, 9.17) is 0 Å². The number of nitrogens with zero attached hydrogens (tertiary/aromatic N) is 1. The zero-order valence-electron chi connectivity index (χ0n) is 11.9. The van der Waals surface area contributed by atoms with Crippen LogP contribution >= 0.6 is 0 Å². The highest BCUT2D eigenvalue weighted by Crippen LogP contribution is 2.26. The Bertz CT molecular complexity index is 831. The second-order valence-corrected chi connectivity index (χ2v) is 4.90. The van der Waals surface area contributed by atoms with Gasteiger partial charge in [-0.05, 0) is 48.5 Å². The summed E-state index contributed by atoms with van der Waals surface area (Å²) in [5, 5.41) is 6.66. The van der Waals surface area contributed by atoms with Gasteiger partial charge in [0.2, 0.25) is 5.91 Å². The van der Waals surface area contributed by atoms with Crippen molar-refractivity contribution in [2.45, 2.75) is 6.92 Å². The molecule has 0 atom stereocenters. The summed E-state index contributed by atoms with van der Waals surface area (Å²) in [5.74, 6) is -0.416. The molecule has 0 fully saturated rings. The summed E-state index contributed by atoms with van der Waals surface area (Å²) in [6, 6.07) is 13.6. The Balaban J connectivity index is 1.89. The number of rotatable bonds is 3. The number of halogens is 1. The number of hydrogen-bond acceptors (Lipinski definition) is 3. The Morgan fingerprint density at radius 2 is 1.77 bits per heavy atom. The van der Waals surface area contributed by atoms with Crippen molar-refractivity contribution in [1.82, 2.24) is 4.98 Å². The van der Waals surface area contributed by atoms with Gasteiger partial charge in [-0.25, -0.2) is 4.39 Å². The third-order valence-electron chi connectivity index (χ3n) is 3.19. The lowest BCUT2D eigenvalue weighted by atomic mass is 10.1. The zero-order chi connectivity index (χ0) is 15.5. The highest BCUT2D eigenvalue weighted by atomic mass is 19.1. The number of amides is 1. The highest BCUT2D eigenvalue weighted by Gasteiger charge is 2.04. The molecule has 0 bridgehead atoms. The molecular formula is C17H14FN3O. The molecule has 0 aliphatic carbocycles. The third kappa shape index (κ3) is 3.03. The van der Waals surface area contributed by atoms with Crippen molar-refractivity contribution >= 4 is 33.9 Å². The summed E-state index contributed by atoms with van der Waals surface area (Å²) in [7, 11) is 0. The molecule has 0 spiro atoms. The zero-order valence-corrected chi connectivity index (χ0v) is 11.9. The van der Waals surface area contributed by atoms with Crippen LogP contribution in [0.4, 0.5) is 21.5 Å². The number of anilines is 3. The monoisotopic (exact) mass is 295 g/mol. The number of nitrogens with one attached hydrogen (secondary N) is 2. The van der Waals surface area contributed by atoms with Gasteiger partial charge >= 0.3 is 0 Å². The Labute approximate surface area is 127 Å². The van der Waals surface area contributed by atoms with Crippen LogP contribution < -0.4 is 10.6 Å². The summed E-state index contributed by atoms with van der Waals surface area (Å²) in [5.41, 5.74) is 3.06. The summed E-state index contributed by atoms with van der Waals surface area (Å²) >= 11 is 0. The first-order valence-electron chi connectivity index (χ1n) is 6.81. The summed E-state index contributed by atoms with van der Waals surface area (Å²) < 4.78 is 13.4. The van der Waals surface area contributed by atoms with Crippen molar-refractivity contribution in [3.8, 4) is 0 Å². The van der Waals surface area contributed by atoms with Gasteiger partial charge in [-0.3, -0.25) is 9.78 Å². The smallest absolute Gasteiger partial charge is 0.221 e. The topological polar surface area (TPSA) is 54.0 Å². The van der Waals surface area contributed by atoms with Gasteiger partial charge in [0.05, 0.1) is 5.52 Å². The van der Waals surface area contributed by atoms with Gasteiger partial charge in [0, 0.05) is 35.6 Å². The molecule has 110 valence electrons. The molecular weight excluding hydrogens is 281 g/mol. The van der Waals surface area contributed by atoms with Gasteiger partial charge in [-0.2, -0.15) is 0 Å². The van der Waals surface area contributed by atoms with E-state index in [1.807, 2.05) is 12.1 Å². The van der Waals surface area contributed by atoms with E-state index >= 15 is 0 Å².